The largest absolute Gasteiger partial charge is 0.310 e. The highest BCUT2D eigenvalue weighted by atomic mass is 79.9. The number of nitrogens with one attached hydrogen (secondary N) is 1. The highest BCUT2D eigenvalue weighted by Crippen LogP contribution is 2.12. The average Bonchev–Trinajstić information content (AvgIpc) is 2.21. The molecule has 88 valence electrons. The van der Waals surface area contributed by atoms with E-state index in [9.17, 15) is 0 Å². The topological polar surface area (TPSA) is 12.0 Å². The van der Waals surface area contributed by atoms with Crippen LogP contribution in [0.3, 0.4) is 0 Å². The van der Waals surface area contributed by atoms with Crippen molar-refractivity contribution in [2.75, 3.05) is 6.54 Å². The molecule has 1 nitrogen and oxygen atoms in total. The van der Waals surface area contributed by atoms with Crippen LogP contribution in [-0.4, -0.2) is 12.6 Å². The van der Waals surface area contributed by atoms with Gasteiger partial charge in [-0.1, -0.05) is 46.6 Å². The molecule has 0 heterocycles. The third-order valence-electron chi connectivity index (χ3n) is 2.37. The van der Waals surface area contributed by atoms with Gasteiger partial charge in [-0.15, -0.1) is 0 Å². The first-order valence-electron chi connectivity index (χ1n) is 5.74. The number of likely N-dealkylation sites (N-methyl/N-ethyl adjacent to an activating group) is 1. The Bertz CT molecular complexity index is 336. The molecule has 1 aromatic carbocycles. The second-order valence-electron chi connectivity index (χ2n) is 4.24. The van der Waals surface area contributed by atoms with Crippen molar-refractivity contribution in [1.82, 2.24) is 5.32 Å². The maximum atomic E-state index is 3.49. The highest BCUT2D eigenvalue weighted by molar-refractivity contribution is 9.10. The minimum atomic E-state index is 0.441. The van der Waals surface area contributed by atoms with Crippen molar-refractivity contribution in [3.05, 3.63) is 46.0 Å². The lowest BCUT2D eigenvalue weighted by atomic mass is 10.0. The van der Waals surface area contributed by atoms with Crippen LogP contribution in [0.15, 0.2) is 40.4 Å². The Kier molecular flexibility index (Phi) is 5.78. The number of hydrogen-bond acceptors (Lipinski definition) is 1. The van der Waals surface area contributed by atoms with E-state index in [2.05, 4.69) is 72.4 Å². The molecule has 0 bridgehead atoms. The van der Waals surface area contributed by atoms with Gasteiger partial charge in [0.2, 0.25) is 0 Å². The Morgan fingerprint density at radius 3 is 2.44 bits per heavy atom. The maximum Gasteiger partial charge on any atom is 0.0292 e. The summed E-state index contributed by atoms with van der Waals surface area (Å²) in [7, 11) is 0. The summed E-state index contributed by atoms with van der Waals surface area (Å²) in [5.41, 5.74) is 2.73. The summed E-state index contributed by atoms with van der Waals surface area (Å²) in [6.07, 6.45) is 3.35. The van der Waals surface area contributed by atoms with Crippen LogP contribution in [0.1, 0.15) is 26.3 Å². The third-order valence-corrected chi connectivity index (χ3v) is 2.90. The molecule has 2 heteroatoms. The summed E-state index contributed by atoms with van der Waals surface area (Å²) < 4.78 is 1.14. The molecule has 0 fully saturated rings. The molecule has 0 amide bonds. The van der Waals surface area contributed by atoms with Gasteiger partial charge in [0, 0.05) is 10.5 Å². The fourth-order valence-corrected chi connectivity index (χ4v) is 1.99. The van der Waals surface area contributed by atoms with Crippen LogP contribution in [0.5, 0.6) is 0 Å². The second kappa shape index (κ2) is 6.87. The molecule has 0 spiro atoms. The molecule has 0 aliphatic carbocycles. The SMILES string of the molecule is CCNC(C=C(C)C)Cc1ccc(Br)cc1. The molecule has 1 rings (SSSR count). The molecule has 16 heavy (non-hydrogen) atoms. The molecule has 0 saturated heterocycles. The number of allylic oxidation sites excluding steroid dienone is 1. The molecular weight excluding hydrogens is 262 g/mol. The van der Waals surface area contributed by atoms with Crippen LogP contribution in [-0.2, 0) is 6.42 Å². The van der Waals surface area contributed by atoms with E-state index < -0.39 is 0 Å². The van der Waals surface area contributed by atoms with E-state index in [1.54, 1.807) is 0 Å². The smallest absolute Gasteiger partial charge is 0.0292 e. The number of rotatable bonds is 5. The minimum absolute atomic E-state index is 0.441. The molecule has 1 aromatic rings. The van der Waals surface area contributed by atoms with E-state index in [-0.39, 0.29) is 0 Å². The molecular formula is C14H20BrN. The quantitative estimate of drug-likeness (QED) is 0.807. The predicted octanol–water partition coefficient (Wildman–Crippen LogP) is 3.94. The van der Waals surface area contributed by atoms with Crippen molar-refractivity contribution in [3.8, 4) is 0 Å². The van der Waals surface area contributed by atoms with E-state index in [1.807, 2.05) is 0 Å². The first-order chi connectivity index (χ1) is 7.61. The summed E-state index contributed by atoms with van der Waals surface area (Å²) in [6, 6.07) is 8.98. The standard InChI is InChI=1S/C14H20BrN/c1-4-16-14(9-11(2)3)10-12-5-7-13(15)8-6-12/h5-9,14,16H,4,10H2,1-3H3. The summed E-state index contributed by atoms with van der Waals surface area (Å²) in [6.45, 7) is 7.44. The zero-order valence-electron chi connectivity index (χ0n) is 10.3. The van der Waals surface area contributed by atoms with Gasteiger partial charge in [-0.3, -0.25) is 0 Å². The van der Waals surface area contributed by atoms with Crippen LogP contribution in [0.4, 0.5) is 0 Å². The fourth-order valence-electron chi connectivity index (χ4n) is 1.73. The van der Waals surface area contributed by atoms with E-state index in [4.69, 9.17) is 0 Å². The normalized spacial score (nSPS) is 12.2. The van der Waals surface area contributed by atoms with Gasteiger partial charge in [-0.2, -0.15) is 0 Å². The highest BCUT2D eigenvalue weighted by Gasteiger charge is 2.04. The van der Waals surface area contributed by atoms with Crippen molar-refractivity contribution < 1.29 is 0 Å². The van der Waals surface area contributed by atoms with Gasteiger partial charge in [0.05, 0.1) is 0 Å². The number of benzene rings is 1. The van der Waals surface area contributed by atoms with Crippen molar-refractivity contribution in [2.24, 2.45) is 0 Å². The summed E-state index contributed by atoms with van der Waals surface area (Å²) in [5.74, 6) is 0. The average molecular weight is 282 g/mol. The van der Waals surface area contributed by atoms with Crippen molar-refractivity contribution >= 4 is 15.9 Å². The van der Waals surface area contributed by atoms with Crippen LogP contribution in [0.25, 0.3) is 0 Å². The molecule has 0 aliphatic heterocycles. The van der Waals surface area contributed by atoms with E-state index in [1.165, 1.54) is 11.1 Å². The molecule has 1 atom stereocenters. The van der Waals surface area contributed by atoms with E-state index >= 15 is 0 Å². The Balaban J connectivity index is 2.67. The van der Waals surface area contributed by atoms with Gasteiger partial charge in [0.25, 0.3) is 0 Å². The van der Waals surface area contributed by atoms with Crippen LogP contribution in [0.2, 0.25) is 0 Å². The molecule has 0 radical (unpaired) electrons. The predicted molar refractivity (Wildman–Crippen MR) is 74.7 cm³/mol. The van der Waals surface area contributed by atoms with Crippen LogP contribution in [0, 0.1) is 0 Å². The third kappa shape index (κ3) is 4.95. The lowest BCUT2D eigenvalue weighted by molar-refractivity contribution is 0.609. The number of hydrogen-bond donors (Lipinski definition) is 1. The lowest BCUT2D eigenvalue weighted by Gasteiger charge is -2.14. The van der Waals surface area contributed by atoms with Crippen molar-refractivity contribution in [3.63, 3.8) is 0 Å². The monoisotopic (exact) mass is 281 g/mol. The molecule has 0 aromatic heterocycles. The van der Waals surface area contributed by atoms with Gasteiger partial charge < -0.3 is 5.32 Å². The first-order valence-corrected chi connectivity index (χ1v) is 6.54. The van der Waals surface area contributed by atoms with Gasteiger partial charge >= 0.3 is 0 Å². The van der Waals surface area contributed by atoms with Gasteiger partial charge in [-0.25, -0.2) is 0 Å². The van der Waals surface area contributed by atoms with Crippen LogP contribution >= 0.6 is 15.9 Å². The summed E-state index contributed by atoms with van der Waals surface area (Å²) in [5, 5.41) is 3.49. The van der Waals surface area contributed by atoms with E-state index in [0.717, 1.165) is 17.4 Å². The first kappa shape index (κ1) is 13.5. The summed E-state index contributed by atoms with van der Waals surface area (Å²) >= 11 is 3.46. The van der Waals surface area contributed by atoms with Gasteiger partial charge in [0.15, 0.2) is 0 Å². The van der Waals surface area contributed by atoms with Crippen molar-refractivity contribution in [1.29, 1.82) is 0 Å². The zero-order valence-corrected chi connectivity index (χ0v) is 11.8. The number of halogens is 1. The van der Waals surface area contributed by atoms with Gasteiger partial charge in [-0.05, 0) is 44.5 Å². The molecule has 0 aliphatic rings. The molecule has 1 unspecified atom stereocenters. The zero-order chi connectivity index (χ0) is 12.0. The van der Waals surface area contributed by atoms with Crippen molar-refractivity contribution in [2.45, 2.75) is 33.2 Å². The van der Waals surface area contributed by atoms with Gasteiger partial charge in [0.1, 0.15) is 0 Å². The lowest BCUT2D eigenvalue weighted by Crippen LogP contribution is -2.29. The Hall–Kier alpha value is -0.600. The summed E-state index contributed by atoms with van der Waals surface area (Å²) in [4.78, 5) is 0. The van der Waals surface area contributed by atoms with Crippen LogP contribution < -0.4 is 5.32 Å². The minimum Gasteiger partial charge on any atom is -0.310 e. The van der Waals surface area contributed by atoms with E-state index in [0.29, 0.717) is 6.04 Å². The Labute approximate surface area is 107 Å². The fraction of sp³-hybridized carbons (Fsp3) is 0.429. The Morgan fingerprint density at radius 1 is 1.31 bits per heavy atom. The Morgan fingerprint density at radius 2 is 1.94 bits per heavy atom. The molecule has 0 saturated carbocycles. The second-order valence-corrected chi connectivity index (χ2v) is 5.15. The maximum absolute atomic E-state index is 3.49. The molecule has 1 N–H and O–H groups in total.